The number of carbonyl (C=O) groups is 1. The van der Waals surface area contributed by atoms with Crippen molar-refractivity contribution >= 4 is 21.8 Å². The van der Waals surface area contributed by atoms with E-state index >= 15 is 0 Å². The van der Waals surface area contributed by atoms with Gasteiger partial charge in [-0.25, -0.2) is 13.2 Å². The molecule has 1 aromatic rings. The highest BCUT2D eigenvalue weighted by atomic mass is 32.2. The number of ether oxygens (including phenoxy) is 1. The van der Waals surface area contributed by atoms with Crippen LogP contribution < -0.4 is 14.8 Å². The molecular weight excluding hydrogens is 304 g/mol. The van der Waals surface area contributed by atoms with Crippen molar-refractivity contribution in [1.82, 2.24) is 5.32 Å². The molecule has 0 aliphatic carbocycles. The van der Waals surface area contributed by atoms with Gasteiger partial charge in [0.05, 0.1) is 5.75 Å². The second kappa shape index (κ2) is 8.03. The van der Waals surface area contributed by atoms with Crippen LogP contribution in [0.15, 0.2) is 18.2 Å². The Morgan fingerprint density at radius 2 is 2.00 bits per heavy atom. The zero-order valence-corrected chi connectivity index (χ0v) is 14.3. The summed E-state index contributed by atoms with van der Waals surface area (Å²) >= 11 is 0. The minimum atomic E-state index is -3.34. The molecule has 1 unspecified atom stereocenters. The number of nitrogens with one attached hydrogen (secondary N) is 2. The van der Waals surface area contributed by atoms with Crippen LogP contribution >= 0.6 is 0 Å². The summed E-state index contributed by atoms with van der Waals surface area (Å²) in [6.45, 7) is 5.82. The van der Waals surface area contributed by atoms with E-state index < -0.39 is 16.1 Å². The average Bonchev–Trinajstić information content (AvgIpc) is 2.47. The quantitative estimate of drug-likeness (QED) is 0.805. The van der Waals surface area contributed by atoms with E-state index in [4.69, 9.17) is 4.74 Å². The second-order valence-corrected chi connectivity index (χ2v) is 6.96. The molecule has 0 spiro atoms. The van der Waals surface area contributed by atoms with Gasteiger partial charge in [0, 0.05) is 12.7 Å². The van der Waals surface area contributed by atoms with E-state index in [1.54, 1.807) is 18.2 Å². The van der Waals surface area contributed by atoms with Crippen molar-refractivity contribution in [3.05, 3.63) is 23.8 Å². The molecule has 1 aromatic carbocycles. The van der Waals surface area contributed by atoms with Crippen molar-refractivity contribution in [2.45, 2.75) is 39.5 Å². The Bertz CT molecular complexity index is 614. The fourth-order valence-corrected chi connectivity index (χ4v) is 3.09. The fraction of sp³-hybridized carbons (Fsp3) is 0.533. The largest absolute Gasteiger partial charge is 0.412 e. The lowest BCUT2D eigenvalue weighted by atomic mass is 9.97. The highest BCUT2D eigenvalue weighted by molar-refractivity contribution is 7.92. The molecule has 0 aromatic heterocycles. The van der Waals surface area contributed by atoms with E-state index in [9.17, 15) is 13.2 Å². The minimum absolute atomic E-state index is 0.0716. The predicted octanol–water partition coefficient (Wildman–Crippen LogP) is 3.07. The molecular formula is C15H24N2O4S. The first-order chi connectivity index (χ1) is 10.3. The summed E-state index contributed by atoms with van der Waals surface area (Å²) in [5, 5.41) is 2.39. The number of carbonyl (C=O) groups excluding carboxylic acids is 1. The van der Waals surface area contributed by atoms with Gasteiger partial charge in [-0.3, -0.25) is 4.72 Å². The van der Waals surface area contributed by atoms with Gasteiger partial charge in [0.1, 0.15) is 5.75 Å². The number of anilines is 1. The summed E-state index contributed by atoms with van der Waals surface area (Å²) in [6, 6.07) is 4.93. The summed E-state index contributed by atoms with van der Waals surface area (Å²) in [4.78, 5) is 11.4. The van der Waals surface area contributed by atoms with Gasteiger partial charge in [-0.2, -0.15) is 0 Å². The molecule has 0 heterocycles. The molecule has 0 bridgehead atoms. The van der Waals surface area contributed by atoms with Gasteiger partial charge in [0.15, 0.2) is 0 Å². The summed E-state index contributed by atoms with van der Waals surface area (Å²) < 4.78 is 31.5. The Morgan fingerprint density at radius 3 is 2.55 bits per heavy atom. The molecule has 0 fully saturated rings. The topological polar surface area (TPSA) is 84.5 Å². The third-order valence-electron chi connectivity index (χ3n) is 3.31. The van der Waals surface area contributed by atoms with Gasteiger partial charge in [0.2, 0.25) is 10.0 Å². The number of rotatable bonds is 7. The van der Waals surface area contributed by atoms with Crippen molar-refractivity contribution in [3.8, 4) is 5.75 Å². The van der Waals surface area contributed by atoms with Crippen molar-refractivity contribution < 1.29 is 17.9 Å². The van der Waals surface area contributed by atoms with Gasteiger partial charge in [-0.1, -0.05) is 20.8 Å². The van der Waals surface area contributed by atoms with Crippen molar-refractivity contribution in [2.75, 3.05) is 17.5 Å². The third kappa shape index (κ3) is 5.22. The van der Waals surface area contributed by atoms with Crippen molar-refractivity contribution in [1.29, 1.82) is 0 Å². The van der Waals surface area contributed by atoms with Gasteiger partial charge in [-0.15, -0.1) is 0 Å². The Balaban J connectivity index is 3.11. The van der Waals surface area contributed by atoms with Crippen LogP contribution in [-0.4, -0.2) is 27.3 Å². The molecule has 0 saturated carbocycles. The first kappa shape index (κ1) is 18.3. The maximum absolute atomic E-state index is 11.9. The van der Waals surface area contributed by atoms with E-state index in [2.05, 4.69) is 10.0 Å². The van der Waals surface area contributed by atoms with E-state index in [-0.39, 0.29) is 11.7 Å². The van der Waals surface area contributed by atoms with Crippen LogP contribution in [0.2, 0.25) is 0 Å². The van der Waals surface area contributed by atoms with Crippen LogP contribution in [0.25, 0.3) is 0 Å². The smallest absolute Gasteiger partial charge is 0.410 e. The minimum Gasteiger partial charge on any atom is -0.410 e. The van der Waals surface area contributed by atoms with Gasteiger partial charge in [-0.05, 0) is 42.5 Å². The molecule has 6 nitrogen and oxygen atoms in total. The lowest BCUT2D eigenvalue weighted by Crippen LogP contribution is -2.23. The monoisotopic (exact) mass is 328 g/mol. The van der Waals surface area contributed by atoms with Crippen molar-refractivity contribution in [2.24, 2.45) is 0 Å². The summed E-state index contributed by atoms with van der Waals surface area (Å²) in [5.74, 6) is 0.643. The van der Waals surface area contributed by atoms with Gasteiger partial charge >= 0.3 is 6.09 Å². The molecule has 0 aliphatic rings. The van der Waals surface area contributed by atoms with E-state index in [0.29, 0.717) is 17.9 Å². The molecule has 2 N–H and O–H groups in total. The maximum atomic E-state index is 11.9. The number of hydrogen-bond donors (Lipinski definition) is 2. The lowest BCUT2D eigenvalue weighted by molar-refractivity contribution is 0.202. The van der Waals surface area contributed by atoms with E-state index in [0.717, 1.165) is 12.0 Å². The summed E-state index contributed by atoms with van der Waals surface area (Å²) in [6.07, 6.45) is 0.838. The molecule has 7 heteroatoms. The zero-order chi connectivity index (χ0) is 16.8. The number of hydrogen-bond acceptors (Lipinski definition) is 4. The normalized spacial score (nSPS) is 12.5. The number of sulfonamides is 1. The van der Waals surface area contributed by atoms with Crippen molar-refractivity contribution in [3.63, 3.8) is 0 Å². The first-order valence-electron chi connectivity index (χ1n) is 7.37. The van der Waals surface area contributed by atoms with Crippen LogP contribution in [0.3, 0.4) is 0 Å². The van der Waals surface area contributed by atoms with Gasteiger partial charge < -0.3 is 10.1 Å². The Kier molecular flexibility index (Phi) is 6.67. The molecule has 22 heavy (non-hydrogen) atoms. The Hall–Kier alpha value is -1.76. The molecule has 1 rings (SSSR count). The first-order valence-corrected chi connectivity index (χ1v) is 9.02. The highest BCUT2D eigenvalue weighted by Gasteiger charge is 2.16. The van der Waals surface area contributed by atoms with E-state index in [1.165, 1.54) is 7.05 Å². The SMILES string of the molecule is CCCS(=O)(=O)Nc1ccc(OC(=O)NC)c(C(C)CC)c1. The zero-order valence-electron chi connectivity index (χ0n) is 13.5. The molecule has 1 atom stereocenters. The van der Waals surface area contributed by atoms with Crippen LogP contribution in [0.1, 0.15) is 45.1 Å². The molecule has 0 saturated heterocycles. The Morgan fingerprint density at radius 1 is 1.32 bits per heavy atom. The second-order valence-electron chi connectivity index (χ2n) is 5.12. The molecule has 124 valence electrons. The van der Waals surface area contributed by atoms with E-state index in [1.807, 2.05) is 20.8 Å². The maximum Gasteiger partial charge on any atom is 0.412 e. The average molecular weight is 328 g/mol. The molecule has 0 radical (unpaired) electrons. The molecule has 1 amide bonds. The highest BCUT2D eigenvalue weighted by Crippen LogP contribution is 2.32. The number of amides is 1. The third-order valence-corrected chi connectivity index (χ3v) is 4.80. The summed E-state index contributed by atoms with van der Waals surface area (Å²) in [7, 11) is -1.86. The molecule has 0 aliphatic heterocycles. The summed E-state index contributed by atoms with van der Waals surface area (Å²) in [5.41, 5.74) is 1.27. The lowest BCUT2D eigenvalue weighted by Gasteiger charge is -2.17. The van der Waals surface area contributed by atoms with Crippen LogP contribution in [0, 0.1) is 0 Å². The predicted molar refractivity (Wildman–Crippen MR) is 87.9 cm³/mol. The fourth-order valence-electron chi connectivity index (χ4n) is 1.96. The standard InChI is InChI=1S/C15H24N2O4S/c1-5-9-22(19,20)17-12-7-8-14(21-15(18)16-4)13(10-12)11(3)6-2/h7-8,10-11,17H,5-6,9H2,1-4H3,(H,16,18). The Labute approximate surface area is 132 Å². The van der Waals surface area contributed by atoms with Gasteiger partial charge in [0.25, 0.3) is 0 Å². The number of benzene rings is 1. The van der Waals surface area contributed by atoms with Crippen LogP contribution in [0.5, 0.6) is 5.75 Å². The van der Waals surface area contributed by atoms with Crippen LogP contribution in [-0.2, 0) is 10.0 Å². The van der Waals surface area contributed by atoms with Crippen LogP contribution in [0.4, 0.5) is 10.5 Å².